The van der Waals surface area contributed by atoms with E-state index in [4.69, 9.17) is 0 Å². The minimum Gasteiger partial charge on any atom is -0.341 e. The quantitative estimate of drug-likeness (QED) is 0.742. The molecule has 2 aliphatic heterocycles. The molecule has 0 aromatic heterocycles. The van der Waals surface area contributed by atoms with Gasteiger partial charge in [0.15, 0.2) is 0 Å². The highest BCUT2D eigenvalue weighted by Gasteiger charge is 2.31. The molecule has 1 amide bonds. The van der Waals surface area contributed by atoms with E-state index in [-0.39, 0.29) is 24.5 Å². The van der Waals surface area contributed by atoms with Gasteiger partial charge in [-0.2, -0.15) is 0 Å². The van der Waals surface area contributed by atoms with E-state index < -0.39 is 0 Å². The highest BCUT2D eigenvalue weighted by molar-refractivity contribution is 5.82. The Morgan fingerprint density at radius 1 is 1.40 bits per heavy atom. The van der Waals surface area contributed by atoms with Crippen LogP contribution >= 0.6 is 0 Å². The molecule has 0 aromatic carbocycles. The molecule has 2 aliphatic rings. The van der Waals surface area contributed by atoms with Crippen LogP contribution in [0.4, 0.5) is 4.39 Å². The van der Waals surface area contributed by atoms with Crippen LogP contribution in [-0.2, 0) is 4.79 Å². The molecule has 3 nitrogen and oxygen atoms in total. The molecule has 2 heterocycles. The minimum absolute atomic E-state index is 0.00267. The molecule has 0 bridgehead atoms. The van der Waals surface area contributed by atoms with Gasteiger partial charge in [-0.1, -0.05) is 6.42 Å². The van der Waals surface area contributed by atoms with Gasteiger partial charge in [-0.25, -0.2) is 0 Å². The van der Waals surface area contributed by atoms with Gasteiger partial charge in [-0.05, 0) is 25.8 Å². The Morgan fingerprint density at radius 3 is 2.87 bits per heavy atom. The molecule has 0 radical (unpaired) electrons. The molecule has 0 aromatic rings. The molecule has 0 saturated carbocycles. The third kappa shape index (κ3) is 2.48. The third-order valence-corrected chi connectivity index (χ3v) is 3.42. The van der Waals surface area contributed by atoms with Crippen LogP contribution in [0.15, 0.2) is 0 Å². The number of halogens is 1. The number of alkyl halides is 1. The molecule has 15 heavy (non-hydrogen) atoms. The second-order valence-corrected chi connectivity index (χ2v) is 4.60. The van der Waals surface area contributed by atoms with Gasteiger partial charge >= 0.3 is 0 Å². The molecule has 4 heteroatoms. The largest absolute Gasteiger partial charge is 0.341 e. The molecule has 1 N–H and O–H groups in total. The Balaban J connectivity index is 1.85. The van der Waals surface area contributed by atoms with E-state index in [0.29, 0.717) is 6.54 Å². The van der Waals surface area contributed by atoms with Crippen molar-refractivity contribution in [2.24, 2.45) is 5.92 Å². The monoisotopic (exact) mass is 214 g/mol. The minimum atomic E-state index is -0.290. The second kappa shape index (κ2) is 4.92. The number of nitrogens with zero attached hydrogens (tertiary/aromatic N) is 1. The van der Waals surface area contributed by atoms with Crippen molar-refractivity contribution in [3.05, 3.63) is 0 Å². The molecule has 2 atom stereocenters. The van der Waals surface area contributed by atoms with Crippen LogP contribution in [-0.4, -0.2) is 43.2 Å². The van der Waals surface area contributed by atoms with Crippen molar-refractivity contribution in [3.63, 3.8) is 0 Å². The topological polar surface area (TPSA) is 32.3 Å². The first-order valence-electron chi connectivity index (χ1n) is 5.89. The Bertz CT molecular complexity index is 229. The van der Waals surface area contributed by atoms with Crippen molar-refractivity contribution in [1.29, 1.82) is 0 Å². The highest BCUT2D eigenvalue weighted by atomic mass is 19.1. The number of likely N-dealkylation sites (tertiary alicyclic amines) is 1. The van der Waals surface area contributed by atoms with Crippen LogP contribution in [0.25, 0.3) is 0 Å². The number of nitrogens with one attached hydrogen (secondary N) is 1. The second-order valence-electron chi connectivity index (χ2n) is 4.60. The SMILES string of the molecule is O=C([C@@H]1CCCCN1)N1CC[C@H](CF)C1. The maximum atomic E-state index is 12.4. The summed E-state index contributed by atoms with van der Waals surface area (Å²) in [5, 5.41) is 3.24. The zero-order valence-electron chi connectivity index (χ0n) is 9.04. The van der Waals surface area contributed by atoms with E-state index in [2.05, 4.69) is 5.32 Å². The summed E-state index contributed by atoms with van der Waals surface area (Å²) in [5.41, 5.74) is 0. The van der Waals surface area contributed by atoms with Crippen LogP contribution in [0.3, 0.4) is 0 Å². The van der Waals surface area contributed by atoms with Gasteiger partial charge in [0.25, 0.3) is 0 Å². The van der Waals surface area contributed by atoms with Crippen molar-refractivity contribution in [2.75, 3.05) is 26.3 Å². The summed E-state index contributed by atoms with van der Waals surface area (Å²) < 4.78 is 12.4. The summed E-state index contributed by atoms with van der Waals surface area (Å²) in [5.74, 6) is 0.267. The van der Waals surface area contributed by atoms with Crippen LogP contribution in [0.2, 0.25) is 0 Å². The lowest BCUT2D eigenvalue weighted by Crippen LogP contribution is -2.47. The predicted molar refractivity (Wildman–Crippen MR) is 56.3 cm³/mol. The number of piperidine rings is 1. The predicted octanol–water partition coefficient (Wildman–Crippen LogP) is 0.946. The van der Waals surface area contributed by atoms with E-state index >= 15 is 0 Å². The van der Waals surface area contributed by atoms with Gasteiger partial charge in [-0.15, -0.1) is 0 Å². The number of carbonyl (C=O) groups is 1. The van der Waals surface area contributed by atoms with Crippen LogP contribution in [0.5, 0.6) is 0 Å². The van der Waals surface area contributed by atoms with E-state index in [0.717, 1.165) is 38.8 Å². The summed E-state index contributed by atoms with van der Waals surface area (Å²) in [6.07, 6.45) is 4.06. The van der Waals surface area contributed by atoms with Crippen molar-refractivity contribution in [1.82, 2.24) is 10.2 Å². The molecule has 86 valence electrons. The first-order chi connectivity index (χ1) is 7.31. The van der Waals surface area contributed by atoms with Crippen molar-refractivity contribution in [3.8, 4) is 0 Å². The molecule has 0 spiro atoms. The Hall–Kier alpha value is -0.640. The van der Waals surface area contributed by atoms with Gasteiger partial charge in [0.2, 0.25) is 5.91 Å². The zero-order valence-corrected chi connectivity index (χ0v) is 9.04. The lowest BCUT2D eigenvalue weighted by Gasteiger charge is -2.27. The van der Waals surface area contributed by atoms with E-state index in [1.54, 1.807) is 0 Å². The molecule has 0 unspecified atom stereocenters. The first kappa shape index (κ1) is 10.9. The normalized spacial score (nSPS) is 31.9. The zero-order chi connectivity index (χ0) is 10.7. The summed E-state index contributed by atoms with van der Waals surface area (Å²) in [7, 11) is 0. The van der Waals surface area contributed by atoms with Crippen molar-refractivity contribution in [2.45, 2.75) is 31.7 Å². The van der Waals surface area contributed by atoms with Crippen molar-refractivity contribution >= 4 is 5.91 Å². The Labute approximate surface area is 90.0 Å². The van der Waals surface area contributed by atoms with Gasteiger partial charge < -0.3 is 10.2 Å². The van der Waals surface area contributed by atoms with Crippen LogP contribution < -0.4 is 5.32 Å². The number of hydrogen-bond acceptors (Lipinski definition) is 2. The Kier molecular flexibility index (Phi) is 3.57. The lowest BCUT2D eigenvalue weighted by atomic mass is 10.0. The molecule has 2 fully saturated rings. The summed E-state index contributed by atoms with van der Waals surface area (Å²) >= 11 is 0. The van der Waals surface area contributed by atoms with Gasteiger partial charge in [-0.3, -0.25) is 9.18 Å². The molecule has 2 saturated heterocycles. The fourth-order valence-electron chi connectivity index (χ4n) is 2.44. The summed E-state index contributed by atoms with van der Waals surface area (Å²) in [4.78, 5) is 13.8. The maximum absolute atomic E-state index is 12.4. The number of hydrogen-bond donors (Lipinski definition) is 1. The van der Waals surface area contributed by atoms with Crippen LogP contribution in [0.1, 0.15) is 25.7 Å². The maximum Gasteiger partial charge on any atom is 0.239 e. The van der Waals surface area contributed by atoms with E-state index in [9.17, 15) is 9.18 Å². The van der Waals surface area contributed by atoms with Crippen LogP contribution in [0, 0.1) is 5.92 Å². The van der Waals surface area contributed by atoms with Gasteiger partial charge in [0, 0.05) is 19.0 Å². The molecule has 2 rings (SSSR count). The Morgan fingerprint density at radius 2 is 2.27 bits per heavy atom. The average Bonchev–Trinajstić information content (AvgIpc) is 2.78. The summed E-state index contributed by atoms with van der Waals surface area (Å²) in [6, 6.07) is -0.00267. The molecule has 0 aliphatic carbocycles. The smallest absolute Gasteiger partial charge is 0.239 e. The highest BCUT2D eigenvalue weighted by Crippen LogP contribution is 2.19. The lowest BCUT2D eigenvalue weighted by molar-refractivity contribution is -0.133. The van der Waals surface area contributed by atoms with E-state index in [1.807, 2.05) is 4.90 Å². The average molecular weight is 214 g/mol. The van der Waals surface area contributed by atoms with Gasteiger partial charge in [0.1, 0.15) is 0 Å². The standard InChI is InChI=1S/C11H19FN2O/c12-7-9-4-6-14(8-9)11(15)10-3-1-2-5-13-10/h9-10,13H,1-8H2/t9-,10+/m1/s1. The fourth-order valence-corrected chi connectivity index (χ4v) is 2.44. The third-order valence-electron chi connectivity index (χ3n) is 3.42. The number of rotatable bonds is 2. The first-order valence-corrected chi connectivity index (χ1v) is 5.89. The molecular weight excluding hydrogens is 195 g/mol. The number of amides is 1. The fraction of sp³-hybridized carbons (Fsp3) is 0.909. The van der Waals surface area contributed by atoms with Gasteiger partial charge in [0.05, 0.1) is 12.7 Å². The molecular formula is C11H19FN2O. The number of carbonyl (C=O) groups excluding carboxylic acids is 1. The van der Waals surface area contributed by atoms with E-state index in [1.165, 1.54) is 0 Å². The van der Waals surface area contributed by atoms with Crippen molar-refractivity contribution < 1.29 is 9.18 Å². The summed E-state index contributed by atoms with van der Waals surface area (Å²) in [6.45, 7) is 2.01.